The van der Waals surface area contributed by atoms with E-state index in [0.29, 0.717) is 6.42 Å². The van der Waals surface area contributed by atoms with Crippen LogP contribution in [0.25, 0.3) is 11.1 Å². The number of para-hydroxylation sites is 1. The van der Waals surface area contributed by atoms with Gasteiger partial charge in [-0.25, -0.2) is 0 Å². The van der Waals surface area contributed by atoms with E-state index in [4.69, 9.17) is 4.74 Å². The molecule has 2 nitrogen and oxygen atoms in total. The van der Waals surface area contributed by atoms with Gasteiger partial charge in [-0.05, 0) is 11.6 Å². The normalized spacial score (nSPS) is 16.8. The number of hydrogen-bond donors (Lipinski definition) is 0. The molecule has 1 atom stereocenters. The molecule has 0 saturated carbocycles. The lowest BCUT2D eigenvalue weighted by molar-refractivity contribution is 0.0803. The number of rotatable bonds is 2. The summed E-state index contributed by atoms with van der Waals surface area (Å²) in [5.74, 6) is 0.777. The van der Waals surface area contributed by atoms with Crippen molar-refractivity contribution in [2.24, 2.45) is 0 Å². The molecule has 0 saturated heterocycles. The first-order valence-electron chi connectivity index (χ1n) is 6.31. The van der Waals surface area contributed by atoms with E-state index in [1.54, 1.807) is 6.08 Å². The molecule has 0 bridgehead atoms. The Morgan fingerprint density at radius 1 is 1.00 bits per heavy atom. The Balaban J connectivity index is 2.23. The topological polar surface area (TPSA) is 26.3 Å². The van der Waals surface area contributed by atoms with Gasteiger partial charge in [0.2, 0.25) is 5.78 Å². The summed E-state index contributed by atoms with van der Waals surface area (Å²) < 4.78 is 5.87. The summed E-state index contributed by atoms with van der Waals surface area (Å²) >= 11 is 0. The molecular weight excluding hydrogens is 236 g/mol. The predicted molar refractivity (Wildman–Crippen MR) is 75.4 cm³/mol. The number of hydrogen-bond acceptors (Lipinski definition) is 2. The molecule has 0 fully saturated rings. The van der Waals surface area contributed by atoms with Crippen LogP contribution in [0.4, 0.5) is 0 Å². The maximum atomic E-state index is 12.5. The van der Waals surface area contributed by atoms with Gasteiger partial charge in [-0.3, -0.25) is 4.79 Å². The van der Waals surface area contributed by atoms with Crippen molar-refractivity contribution in [3.63, 3.8) is 0 Å². The summed E-state index contributed by atoms with van der Waals surface area (Å²) in [5, 5.41) is 0. The van der Waals surface area contributed by atoms with Crippen LogP contribution in [-0.4, -0.2) is 11.9 Å². The third-order valence-electron chi connectivity index (χ3n) is 3.31. The van der Waals surface area contributed by atoms with E-state index >= 15 is 0 Å². The van der Waals surface area contributed by atoms with E-state index < -0.39 is 6.10 Å². The number of Topliss-reactive ketones (excluding diaryl/α,β-unsaturated/α-hetero) is 1. The summed E-state index contributed by atoms with van der Waals surface area (Å²) in [6.07, 6.45) is 1.75. The van der Waals surface area contributed by atoms with Crippen molar-refractivity contribution in [3.8, 4) is 16.9 Å². The molecule has 0 N–H and O–H groups in total. The fraction of sp³-hybridized carbons (Fsp3) is 0.118. The zero-order valence-corrected chi connectivity index (χ0v) is 10.5. The van der Waals surface area contributed by atoms with Crippen LogP contribution in [0.3, 0.4) is 0 Å². The fourth-order valence-corrected chi connectivity index (χ4v) is 2.41. The lowest BCUT2D eigenvalue weighted by atomic mass is 9.95. The molecule has 0 radical (unpaired) electrons. The summed E-state index contributed by atoms with van der Waals surface area (Å²) in [6, 6.07) is 15.4. The Morgan fingerprint density at radius 3 is 2.37 bits per heavy atom. The second-order valence-corrected chi connectivity index (χ2v) is 4.54. The third kappa shape index (κ3) is 1.95. The molecule has 19 heavy (non-hydrogen) atoms. The van der Waals surface area contributed by atoms with Crippen molar-refractivity contribution in [2.45, 2.75) is 12.5 Å². The smallest absolute Gasteiger partial charge is 0.204 e. The first-order chi connectivity index (χ1) is 9.31. The van der Waals surface area contributed by atoms with Gasteiger partial charge in [-0.15, -0.1) is 6.58 Å². The molecule has 1 aliphatic rings. The minimum atomic E-state index is -0.484. The number of benzene rings is 2. The number of ketones is 1. The Kier molecular flexibility index (Phi) is 2.92. The van der Waals surface area contributed by atoms with Gasteiger partial charge in [-0.2, -0.15) is 0 Å². The molecule has 0 aromatic heterocycles. The Morgan fingerprint density at radius 2 is 1.63 bits per heavy atom. The first-order valence-corrected chi connectivity index (χ1v) is 6.31. The second kappa shape index (κ2) is 4.73. The highest BCUT2D eigenvalue weighted by Crippen LogP contribution is 2.36. The fourth-order valence-electron chi connectivity index (χ4n) is 2.41. The highest BCUT2D eigenvalue weighted by molar-refractivity contribution is 6.06. The van der Waals surface area contributed by atoms with E-state index in [9.17, 15) is 4.79 Å². The molecule has 1 aliphatic heterocycles. The predicted octanol–water partition coefficient (Wildman–Crippen LogP) is 3.87. The zero-order valence-electron chi connectivity index (χ0n) is 10.5. The van der Waals surface area contributed by atoms with Crippen molar-refractivity contribution >= 4 is 5.78 Å². The summed E-state index contributed by atoms with van der Waals surface area (Å²) in [6.45, 7) is 3.70. The van der Waals surface area contributed by atoms with E-state index in [1.807, 2.05) is 48.5 Å². The van der Waals surface area contributed by atoms with Crippen molar-refractivity contribution in [2.75, 3.05) is 0 Å². The lowest BCUT2D eigenvalue weighted by Gasteiger charge is -2.14. The van der Waals surface area contributed by atoms with Crippen LogP contribution in [0.5, 0.6) is 5.75 Å². The molecule has 0 amide bonds. The highest BCUT2D eigenvalue weighted by atomic mass is 16.5. The van der Waals surface area contributed by atoms with Gasteiger partial charge in [0.15, 0.2) is 6.10 Å². The van der Waals surface area contributed by atoms with Gasteiger partial charge in [0.25, 0.3) is 0 Å². The van der Waals surface area contributed by atoms with Crippen LogP contribution in [0, 0.1) is 0 Å². The average Bonchev–Trinajstić information content (AvgIpc) is 2.57. The second-order valence-electron chi connectivity index (χ2n) is 4.54. The van der Waals surface area contributed by atoms with Gasteiger partial charge in [0.1, 0.15) is 5.75 Å². The highest BCUT2D eigenvalue weighted by Gasteiger charge is 2.28. The average molecular weight is 250 g/mol. The lowest BCUT2D eigenvalue weighted by Crippen LogP contribution is -2.25. The largest absolute Gasteiger partial charge is 0.481 e. The van der Waals surface area contributed by atoms with Crippen LogP contribution in [0.2, 0.25) is 0 Å². The molecule has 3 rings (SSSR count). The monoisotopic (exact) mass is 250 g/mol. The van der Waals surface area contributed by atoms with Crippen molar-refractivity contribution in [1.82, 2.24) is 0 Å². The van der Waals surface area contributed by atoms with Crippen LogP contribution >= 0.6 is 0 Å². The number of fused-ring (bicyclic) bond motifs is 3. The van der Waals surface area contributed by atoms with Gasteiger partial charge in [0, 0.05) is 17.5 Å². The number of carbonyl (C=O) groups excluding carboxylic acids is 1. The van der Waals surface area contributed by atoms with Gasteiger partial charge in [0.05, 0.1) is 0 Å². The van der Waals surface area contributed by atoms with E-state index in [2.05, 4.69) is 6.58 Å². The minimum absolute atomic E-state index is 0.0201. The third-order valence-corrected chi connectivity index (χ3v) is 3.31. The van der Waals surface area contributed by atoms with E-state index in [-0.39, 0.29) is 5.78 Å². The Bertz CT molecular complexity index is 643. The molecule has 2 heteroatoms. The summed E-state index contributed by atoms with van der Waals surface area (Å²) in [5.41, 5.74) is 2.63. The molecule has 1 heterocycles. The maximum absolute atomic E-state index is 12.5. The van der Waals surface area contributed by atoms with Crippen molar-refractivity contribution in [3.05, 3.63) is 66.7 Å². The van der Waals surface area contributed by atoms with Gasteiger partial charge >= 0.3 is 0 Å². The molecule has 2 aromatic carbocycles. The van der Waals surface area contributed by atoms with Crippen LogP contribution in [0.1, 0.15) is 16.8 Å². The minimum Gasteiger partial charge on any atom is -0.481 e. The maximum Gasteiger partial charge on any atom is 0.204 e. The molecule has 2 aromatic rings. The van der Waals surface area contributed by atoms with Crippen molar-refractivity contribution in [1.29, 1.82) is 0 Å². The molecule has 94 valence electrons. The molecule has 0 aliphatic carbocycles. The summed E-state index contributed by atoms with van der Waals surface area (Å²) in [4.78, 5) is 12.5. The van der Waals surface area contributed by atoms with Crippen LogP contribution in [0.15, 0.2) is 61.2 Å². The zero-order chi connectivity index (χ0) is 13.2. The van der Waals surface area contributed by atoms with E-state index in [1.165, 1.54) is 0 Å². The molecular formula is C17H14O2. The van der Waals surface area contributed by atoms with Crippen LogP contribution < -0.4 is 4.74 Å². The van der Waals surface area contributed by atoms with Crippen molar-refractivity contribution < 1.29 is 9.53 Å². The number of carbonyl (C=O) groups is 1. The quantitative estimate of drug-likeness (QED) is 0.756. The Hall–Kier alpha value is -2.35. The van der Waals surface area contributed by atoms with Gasteiger partial charge < -0.3 is 4.74 Å². The first kappa shape index (κ1) is 11.7. The standard InChI is InChI=1S/C17H14O2/c1-2-7-16-17(18)14-10-4-3-8-12(14)13-9-5-6-11-15(13)19-16/h2-6,8-11,16H,1,7H2. The van der Waals surface area contributed by atoms with E-state index in [0.717, 1.165) is 22.4 Å². The number of ether oxygens (including phenoxy) is 1. The van der Waals surface area contributed by atoms with Crippen LogP contribution in [-0.2, 0) is 0 Å². The SMILES string of the molecule is C=CCC1Oc2ccccc2-c2ccccc2C1=O. The Labute approximate surface area is 112 Å². The molecule has 0 spiro atoms. The van der Waals surface area contributed by atoms with Gasteiger partial charge in [-0.1, -0.05) is 48.5 Å². The summed E-state index contributed by atoms with van der Waals surface area (Å²) in [7, 11) is 0. The molecule has 1 unspecified atom stereocenters.